The van der Waals surface area contributed by atoms with Gasteiger partial charge >= 0.3 is 12.1 Å². The van der Waals surface area contributed by atoms with Crippen LogP contribution in [0.5, 0.6) is 0 Å². The maximum absolute atomic E-state index is 12.7. The largest absolute Gasteiger partial charge is 0.481 e. The van der Waals surface area contributed by atoms with Gasteiger partial charge in [0.2, 0.25) is 5.91 Å². The lowest BCUT2D eigenvalue weighted by molar-refractivity contribution is -0.138. The van der Waals surface area contributed by atoms with Gasteiger partial charge in [-0.1, -0.05) is 54.6 Å². The van der Waals surface area contributed by atoms with Gasteiger partial charge in [-0.05, 0) is 35.1 Å². The fourth-order valence-electron chi connectivity index (χ4n) is 3.96. The molecule has 0 aliphatic heterocycles. The molecule has 1 aliphatic carbocycles. The molecule has 7 nitrogen and oxygen atoms in total. The van der Waals surface area contributed by atoms with E-state index in [1.807, 2.05) is 36.4 Å². The highest BCUT2D eigenvalue weighted by Crippen LogP contribution is 2.44. The van der Waals surface area contributed by atoms with Crippen LogP contribution in [0.2, 0.25) is 0 Å². The van der Waals surface area contributed by atoms with E-state index in [-0.39, 0.29) is 31.4 Å². The molecule has 0 heterocycles. The summed E-state index contributed by atoms with van der Waals surface area (Å²) in [6.45, 7) is 3.87. The molecule has 2 aromatic rings. The van der Waals surface area contributed by atoms with Crippen molar-refractivity contribution in [1.29, 1.82) is 0 Å². The Kier molecular flexibility index (Phi) is 7.65. The monoisotopic (exact) mass is 436 g/mol. The van der Waals surface area contributed by atoms with Crippen LogP contribution in [0.4, 0.5) is 4.79 Å². The molecule has 0 saturated heterocycles. The Labute approximate surface area is 187 Å². The number of carboxylic acids is 1. The molecule has 2 N–H and O–H groups in total. The summed E-state index contributed by atoms with van der Waals surface area (Å²) in [5.41, 5.74) is 4.48. The number of alkyl carbamates (subject to hydrolysis) is 1. The highest BCUT2D eigenvalue weighted by Gasteiger charge is 2.30. The summed E-state index contributed by atoms with van der Waals surface area (Å²) in [7, 11) is 1.52. The van der Waals surface area contributed by atoms with Crippen LogP contribution in [0, 0.1) is 0 Å². The molecule has 1 unspecified atom stereocenters. The molecule has 32 heavy (non-hydrogen) atoms. The Morgan fingerprint density at radius 2 is 1.72 bits per heavy atom. The van der Waals surface area contributed by atoms with E-state index >= 15 is 0 Å². The van der Waals surface area contributed by atoms with Crippen LogP contribution in [-0.4, -0.2) is 54.2 Å². The summed E-state index contributed by atoms with van der Waals surface area (Å²) in [4.78, 5) is 37.4. The van der Waals surface area contributed by atoms with E-state index in [9.17, 15) is 14.4 Å². The summed E-state index contributed by atoms with van der Waals surface area (Å²) < 4.78 is 5.54. The van der Waals surface area contributed by atoms with Crippen molar-refractivity contribution in [2.24, 2.45) is 0 Å². The number of aliphatic carboxylic acids is 1. The zero-order valence-electron chi connectivity index (χ0n) is 18.1. The number of allylic oxidation sites excluding steroid dienone is 1. The van der Waals surface area contributed by atoms with E-state index in [4.69, 9.17) is 9.84 Å². The third-order valence-corrected chi connectivity index (χ3v) is 5.63. The maximum Gasteiger partial charge on any atom is 0.407 e. The van der Waals surface area contributed by atoms with Gasteiger partial charge in [-0.25, -0.2) is 4.79 Å². The average Bonchev–Trinajstić information content (AvgIpc) is 3.12. The molecule has 0 spiro atoms. The predicted octanol–water partition coefficient (Wildman–Crippen LogP) is 3.79. The first-order valence-corrected chi connectivity index (χ1v) is 10.6. The van der Waals surface area contributed by atoms with Crippen LogP contribution in [0.15, 0.2) is 61.2 Å². The van der Waals surface area contributed by atoms with Gasteiger partial charge in [0.15, 0.2) is 0 Å². The third-order valence-electron chi connectivity index (χ3n) is 5.63. The summed E-state index contributed by atoms with van der Waals surface area (Å²) >= 11 is 0. The minimum Gasteiger partial charge on any atom is -0.481 e. The number of carboxylic acid groups (broad SMARTS) is 1. The normalized spacial score (nSPS) is 12.9. The van der Waals surface area contributed by atoms with Crippen molar-refractivity contribution in [2.45, 2.75) is 31.2 Å². The molecular formula is C25H28N2O5. The van der Waals surface area contributed by atoms with Crippen LogP contribution in [0.25, 0.3) is 11.1 Å². The predicted molar refractivity (Wildman–Crippen MR) is 121 cm³/mol. The number of amides is 2. The maximum atomic E-state index is 12.7. The average molecular weight is 437 g/mol. The molecule has 7 heteroatoms. The Balaban J connectivity index is 1.65. The zero-order chi connectivity index (χ0) is 23.1. The minimum atomic E-state index is -0.989. The van der Waals surface area contributed by atoms with E-state index in [1.54, 1.807) is 6.08 Å². The smallest absolute Gasteiger partial charge is 0.407 e. The number of carbonyl (C=O) groups excluding carboxylic acids is 2. The van der Waals surface area contributed by atoms with E-state index in [0.717, 1.165) is 22.3 Å². The molecule has 0 bridgehead atoms. The molecule has 3 rings (SSSR count). The van der Waals surface area contributed by atoms with Gasteiger partial charge in [0.1, 0.15) is 12.6 Å². The number of nitrogens with one attached hydrogen (secondary N) is 1. The van der Waals surface area contributed by atoms with Crippen LogP contribution in [-0.2, 0) is 14.3 Å². The van der Waals surface area contributed by atoms with Crippen molar-refractivity contribution in [2.75, 3.05) is 20.2 Å². The molecular weight excluding hydrogens is 408 g/mol. The summed E-state index contributed by atoms with van der Waals surface area (Å²) in [5.74, 6) is -1.42. The molecule has 1 aliphatic rings. The number of ether oxygens (including phenoxy) is 1. The highest BCUT2D eigenvalue weighted by molar-refractivity contribution is 5.86. The van der Waals surface area contributed by atoms with Crippen molar-refractivity contribution < 1.29 is 24.2 Å². The third kappa shape index (κ3) is 5.35. The van der Waals surface area contributed by atoms with Gasteiger partial charge < -0.3 is 20.1 Å². The minimum absolute atomic E-state index is 0.0606. The molecule has 0 aromatic heterocycles. The van der Waals surface area contributed by atoms with Gasteiger partial charge in [0.25, 0.3) is 0 Å². The van der Waals surface area contributed by atoms with Crippen molar-refractivity contribution >= 4 is 18.0 Å². The van der Waals surface area contributed by atoms with E-state index in [1.165, 1.54) is 11.9 Å². The number of carbonyl (C=O) groups is 3. The first kappa shape index (κ1) is 23.1. The summed E-state index contributed by atoms with van der Waals surface area (Å²) in [5, 5.41) is 11.5. The van der Waals surface area contributed by atoms with E-state index < -0.39 is 18.1 Å². The van der Waals surface area contributed by atoms with Gasteiger partial charge in [-0.2, -0.15) is 0 Å². The highest BCUT2D eigenvalue weighted by atomic mass is 16.5. The number of hydrogen-bond acceptors (Lipinski definition) is 4. The van der Waals surface area contributed by atoms with Gasteiger partial charge in [-0.3, -0.25) is 9.59 Å². The molecule has 0 saturated carbocycles. The van der Waals surface area contributed by atoms with Gasteiger partial charge in [0, 0.05) is 19.5 Å². The fraction of sp³-hybridized carbons (Fsp3) is 0.320. The molecule has 168 valence electrons. The van der Waals surface area contributed by atoms with Crippen LogP contribution in [0.1, 0.15) is 36.3 Å². The topological polar surface area (TPSA) is 95.9 Å². The Morgan fingerprint density at radius 3 is 2.28 bits per heavy atom. The fourth-order valence-corrected chi connectivity index (χ4v) is 3.96. The molecule has 2 aromatic carbocycles. The number of rotatable bonds is 10. The molecule has 0 radical (unpaired) electrons. The molecule has 0 fully saturated rings. The zero-order valence-corrected chi connectivity index (χ0v) is 18.1. The van der Waals surface area contributed by atoms with Crippen molar-refractivity contribution in [1.82, 2.24) is 10.2 Å². The summed E-state index contributed by atoms with van der Waals surface area (Å²) in [6, 6.07) is 15.3. The standard InChI is InChI=1S/C25H28N2O5/c1-3-4-13-22(24(30)27(2)15-14-23(28)29)26-25(31)32-16-21-19-11-7-5-9-17(19)18-10-6-8-12-20(18)21/h3,5-12,21-22H,1,4,13-16H2,2H3,(H,26,31)(H,28,29). The number of nitrogens with zero attached hydrogens (tertiary/aromatic N) is 1. The van der Waals surface area contributed by atoms with Crippen molar-refractivity contribution in [3.05, 3.63) is 72.3 Å². The molecule has 1 atom stereocenters. The lowest BCUT2D eigenvalue weighted by Crippen LogP contribution is -2.48. The van der Waals surface area contributed by atoms with E-state index in [0.29, 0.717) is 12.8 Å². The van der Waals surface area contributed by atoms with Crippen LogP contribution < -0.4 is 5.32 Å². The second kappa shape index (κ2) is 10.6. The van der Waals surface area contributed by atoms with Crippen molar-refractivity contribution in [3.8, 4) is 11.1 Å². The number of benzene rings is 2. The Morgan fingerprint density at radius 1 is 1.12 bits per heavy atom. The number of hydrogen-bond donors (Lipinski definition) is 2. The van der Waals surface area contributed by atoms with Crippen molar-refractivity contribution in [3.63, 3.8) is 0 Å². The van der Waals surface area contributed by atoms with Gasteiger partial charge in [0.05, 0.1) is 6.42 Å². The quantitative estimate of drug-likeness (QED) is 0.553. The Hall–Kier alpha value is -3.61. The Bertz CT molecular complexity index is 958. The number of fused-ring (bicyclic) bond motifs is 3. The first-order chi connectivity index (χ1) is 15.4. The number of likely N-dealkylation sites (N-methyl/N-ethyl adjacent to an activating group) is 1. The molecule has 2 amide bonds. The summed E-state index contributed by atoms with van der Waals surface area (Å²) in [6.07, 6.45) is 1.69. The van der Waals surface area contributed by atoms with Crippen LogP contribution in [0.3, 0.4) is 0 Å². The lowest BCUT2D eigenvalue weighted by Gasteiger charge is -2.24. The second-order valence-electron chi connectivity index (χ2n) is 7.79. The van der Waals surface area contributed by atoms with E-state index in [2.05, 4.69) is 24.0 Å². The second-order valence-corrected chi connectivity index (χ2v) is 7.79. The lowest BCUT2D eigenvalue weighted by atomic mass is 9.98. The first-order valence-electron chi connectivity index (χ1n) is 10.6. The van der Waals surface area contributed by atoms with Crippen LogP contribution >= 0.6 is 0 Å². The SMILES string of the molecule is C=CCCC(NC(=O)OCC1c2ccccc2-c2ccccc21)C(=O)N(C)CCC(=O)O. The van der Waals surface area contributed by atoms with Gasteiger partial charge in [-0.15, -0.1) is 6.58 Å².